The zero-order valence-corrected chi connectivity index (χ0v) is 13.0. The lowest BCUT2D eigenvalue weighted by Crippen LogP contribution is -2.47. The SMILES string of the molecule is CCS[C@@H]1CCCC[C@@H]1NC(=O)NCc1cc(C)on1. The average Bonchev–Trinajstić information content (AvgIpc) is 2.85. The fraction of sp³-hybridized carbons (Fsp3) is 0.714. The number of aromatic nitrogens is 1. The smallest absolute Gasteiger partial charge is 0.315 e. The van der Waals surface area contributed by atoms with Crippen LogP contribution in [0.1, 0.15) is 44.1 Å². The van der Waals surface area contributed by atoms with Crippen molar-refractivity contribution in [1.82, 2.24) is 15.8 Å². The Morgan fingerprint density at radius 1 is 1.50 bits per heavy atom. The highest BCUT2D eigenvalue weighted by Gasteiger charge is 2.26. The molecule has 0 aromatic carbocycles. The van der Waals surface area contributed by atoms with Gasteiger partial charge in [-0.1, -0.05) is 24.9 Å². The maximum Gasteiger partial charge on any atom is 0.315 e. The molecule has 0 aliphatic heterocycles. The first-order valence-electron chi connectivity index (χ1n) is 7.27. The Morgan fingerprint density at radius 3 is 3.00 bits per heavy atom. The molecule has 2 amide bonds. The van der Waals surface area contributed by atoms with E-state index in [2.05, 4.69) is 22.7 Å². The zero-order chi connectivity index (χ0) is 14.4. The summed E-state index contributed by atoms with van der Waals surface area (Å²) < 4.78 is 4.97. The summed E-state index contributed by atoms with van der Waals surface area (Å²) >= 11 is 1.95. The molecule has 1 aromatic heterocycles. The van der Waals surface area contributed by atoms with E-state index in [1.54, 1.807) is 0 Å². The number of thioether (sulfide) groups is 1. The topological polar surface area (TPSA) is 67.2 Å². The van der Waals surface area contributed by atoms with Gasteiger partial charge < -0.3 is 15.2 Å². The number of carbonyl (C=O) groups excluding carboxylic acids is 1. The van der Waals surface area contributed by atoms with Crippen LogP contribution >= 0.6 is 11.8 Å². The second kappa shape index (κ2) is 7.57. The molecule has 20 heavy (non-hydrogen) atoms. The van der Waals surface area contributed by atoms with E-state index in [1.807, 2.05) is 24.8 Å². The Balaban J connectivity index is 1.77. The van der Waals surface area contributed by atoms with E-state index in [0.29, 0.717) is 11.8 Å². The molecule has 112 valence electrons. The number of hydrogen-bond acceptors (Lipinski definition) is 4. The van der Waals surface area contributed by atoms with E-state index in [4.69, 9.17) is 4.52 Å². The van der Waals surface area contributed by atoms with Gasteiger partial charge in [-0.25, -0.2) is 4.79 Å². The van der Waals surface area contributed by atoms with Gasteiger partial charge in [-0.3, -0.25) is 0 Å². The van der Waals surface area contributed by atoms with Crippen LogP contribution in [-0.4, -0.2) is 28.2 Å². The molecule has 2 rings (SSSR count). The summed E-state index contributed by atoms with van der Waals surface area (Å²) in [6.07, 6.45) is 4.75. The normalized spacial score (nSPS) is 22.5. The highest BCUT2D eigenvalue weighted by atomic mass is 32.2. The van der Waals surface area contributed by atoms with Crippen molar-refractivity contribution in [2.75, 3.05) is 5.75 Å². The minimum Gasteiger partial charge on any atom is -0.361 e. The Bertz CT molecular complexity index is 434. The van der Waals surface area contributed by atoms with Crippen molar-refractivity contribution < 1.29 is 9.32 Å². The van der Waals surface area contributed by atoms with E-state index in [0.717, 1.165) is 23.6 Å². The molecule has 6 heteroatoms. The standard InChI is InChI=1S/C14H23N3O2S/c1-3-20-13-7-5-4-6-12(13)16-14(18)15-9-11-8-10(2)19-17-11/h8,12-13H,3-7,9H2,1-2H3,(H2,15,16,18)/t12-,13+/m0/s1. The number of aryl methyl sites for hydroxylation is 1. The monoisotopic (exact) mass is 297 g/mol. The minimum atomic E-state index is -0.112. The molecule has 0 saturated heterocycles. The Hall–Kier alpha value is -1.17. The van der Waals surface area contributed by atoms with Crippen molar-refractivity contribution in [2.24, 2.45) is 0 Å². The van der Waals surface area contributed by atoms with Gasteiger partial charge in [0.25, 0.3) is 0 Å². The van der Waals surface area contributed by atoms with Gasteiger partial charge in [0.1, 0.15) is 11.5 Å². The van der Waals surface area contributed by atoms with E-state index in [1.165, 1.54) is 19.3 Å². The summed E-state index contributed by atoms with van der Waals surface area (Å²) in [6.45, 7) is 4.41. The van der Waals surface area contributed by atoms with Crippen molar-refractivity contribution >= 4 is 17.8 Å². The largest absolute Gasteiger partial charge is 0.361 e. The van der Waals surface area contributed by atoms with Crippen molar-refractivity contribution in [3.05, 3.63) is 17.5 Å². The third-order valence-electron chi connectivity index (χ3n) is 3.51. The zero-order valence-electron chi connectivity index (χ0n) is 12.1. The quantitative estimate of drug-likeness (QED) is 0.877. The van der Waals surface area contributed by atoms with Gasteiger partial charge in [-0.15, -0.1) is 0 Å². The Kier molecular flexibility index (Phi) is 5.76. The third kappa shape index (κ3) is 4.44. The fourth-order valence-corrected chi connectivity index (χ4v) is 3.76. The van der Waals surface area contributed by atoms with E-state index in [9.17, 15) is 4.79 Å². The van der Waals surface area contributed by atoms with E-state index >= 15 is 0 Å². The molecule has 1 fully saturated rings. The predicted octanol–water partition coefficient (Wildman–Crippen LogP) is 2.85. The van der Waals surface area contributed by atoms with Crippen LogP contribution in [0.3, 0.4) is 0 Å². The lowest BCUT2D eigenvalue weighted by molar-refractivity contribution is 0.232. The van der Waals surface area contributed by atoms with Gasteiger partial charge in [-0.2, -0.15) is 11.8 Å². The molecular weight excluding hydrogens is 274 g/mol. The summed E-state index contributed by atoms with van der Waals surface area (Å²) in [7, 11) is 0. The van der Waals surface area contributed by atoms with Crippen molar-refractivity contribution in [1.29, 1.82) is 0 Å². The number of nitrogens with one attached hydrogen (secondary N) is 2. The van der Waals surface area contributed by atoms with Gasteiger partial charge in [0.05, 0.1) is 6.54 Å². The molecule has 1 heterocycles. The minimum absolute atomic E-state index is 0.112. The molecule has 1 saturated carbocycles. The van der Waals surface area contributed by atoms with Crippen LogP contribution < -0.4 is 10.6 Å². The van der Waals surface area contributed by atoms with Gasteiger partial charge in [0, 0.05) is 17.4 Å². The highest BCUT2D eigenvalue weighted by molar-refractivity contribution is 7.99. The van der Waals surface area contributed by atoms with Crippen molar-refractivity contribution in [3.63, 3.8) is 0 Å². The molecule has 1 aliphatic rings. The molecule has 5 nitrogen and oxygen atoms in total. The molecule has 0 unspecified atom stereocenters. The van der Waals surface area contributed by atoms with Crippen molar-refractivity contribution in [2.45, 2.75) is 57.4 Å². The van der Waals surface area contributed by atoms with Gasteiger partial charge in [0.2, 0.25) is 0 Å². The second-order valence-electron chi connectivity index (χ2n) is 5.14. The number of nitrogens with zero attached hydrogens (tertiary/aromatic N) is 1. The summed E-state index contributed by atoms with van der Waals surface area (Å²) in [5.74, 6) is 1.86. The number of urea groups is 1. The Labute approximate surface area is 124 Å². The van der Waals surface area contributed by atoms with Gasteiger partial charge in [-0.05, 0) is 25.5 Å². The van der Waals surface area contributed by atoms with Crippen LogP contribution in [0, 0.1) is 6.92 Å². The summed E-state index contributed by atoms with van der Waals surface area (Å²) in [4.78, 5) is 12.0. The summed E-state index contributed by atoms with van der Waals surface area (Å²) in [5.41, 5.74) is 0.751. The van der Waals surface area contributed by atoms with Crippen LogP contribution in [0.5, 0.6) is 0 Å². The number of carbonyl (C=O) groups is 1. The lowest BCUT2D eigenvalue weighted by atomic mass is 9.95. The molecule has 0 radical (unpaired) electrons. The number of hydrogen-bond donors (Lipinski definition) is 2. The van der Waals surface area contributed by atoms with Crippen molar-refractivity contribution in [3.8, 4) is 0 Å². The summed E-state index contributed by atoms with van der Waals surface area (Å²) in [6, 6.07) is 2.00. The van der Waals surface area contributed by atoms with Crippen LogP contribution in [0.2, 0.25) is 0 Å². The molecule has 0 bridgehead atoms. The molecule has 1 aliphatic carbocycles. The second-order valence-corrected chi connectivity index (χ2v) is 6.66. The molecule has 2 N–H and O–H groups in total. The Morgan fingerprint density at radius 2 is 2.30 bits per heavy atom. The summed E-state index contributed by atoms with van der Waals surface area (Å²) in [5, 5.41) is 10.3. The van der Waals surface area contributed by atoms with E-state index < -0.39 is 0 Å². The average molecular weight is 297 g/mol. The molecule has 0 spiro atoms. The van der Waals surface area contributed by atoms with Crippen LogP contribution in [-0.2, 0) is 6.54 Å². The number of amides is 2. The highest BCUT2D eigenvalue weighted by Crippen LogP contribution is 2.28. The maximum atomic E-state index is 12.0. The molecular formula is C14H23N3O2S. The lowest BCUT2D eigenvalue weighted by Gasteiger charge is -2.31. The first-order chi connectivity index (χ1) is 9.69. The first kappa shape index (κ1) is 15.2. The third-order valence-corrected chi connectivity index (χ3v) is 4.83. The van der Waals surface area contributed by atoms with Gasteiger partial charge in [0.15, 0.2) is 0 Å². The molecule has 1 aromatic rings. The number of rotatable bonds is 5. The predicted molar refractivity (Wildman–Crippen MR) is 80.8 cm³/mol. The van der Waals surface area contributed by atoms with E-state index in [-0.39, 0.29) is 12.1 Å². The molecule has 2 atom stereocenters. The first-order valence-corrected chi connectivity index (χ1v) is 8.32. The van der Waals surface area contributed by atoms with Crippen LogP contribution in [0.15, 0.2) is 10.6 Å². The maximum absolute atomic E-state index is 12.0. The fourth-order valence-electron chi connectivity index (χ4n) is 2.57. The van der Waals surface area contributed by atoms with Gasteiger partial charge >= 0.3 is 6.03 Å². The van der Waals surface area contributed by atoms with Crippen LogP contribution in [0.25, 0.3) is 0 Å². The van der Waals surface area contributed by atoms with Crippen LogP contribution in [0.4, 0.5) is 4.79 Å².